The molecule has 0 N–H and O–H groups in total. The van der Waals surface area contributed by atoms with Crippen LogP contribution in [0.25, 0.3) is 21.9 Å². The zero-order valence-corrected chi connectivity index (χ0v) is 21.0. The fourth-order valence-electron chi connectivity index (χ4n) is 3.74. The molecule has 0 aromatic heterocycles. The summed E-state index contributed by atoms with van der Waals surface area (Å²) in [4.78, 5) is 0. The third-order valence-electron chi connectivity index (χ3n) is 5.12. The molecule has 3 aromatic rings. The van der Waals surface area contributed by atoms with Crippen LogP contribution in [0.5, 0.6) is 0 Å². The quantitative estimate of drug-likeness (QED) is 0.317. The van der Waals surface area contributed by atoms with E-state index < -0.39 is 0 Å². The summed E-state index contributed by atoms with van der Waals surface area (Å²) >= 11 is 0. The number of halogens is 2. The molecule has 0 heterocycles. The molecule has 0 saturated carbocycles. The fraction of sp³-hybridized carbons (Fsp3) is 0.231. The Morgan fingerprint density at radius 1 is 0.862 bits per heavy atom. The summed E-state index contributed by atoms with van der Waals surface area (Å²) in [6, 6.07) is 22.7. The molecule has 5 rings (SSSR count). The minimum absolute atomic E-state index is 0. The predicted octanol–water partition coefficient (Wildman–Crippen LogP) is 0.939. The average Bonchev–Trinajstić information content (AvgIpc) is 3.30. The first kappa shape index (κ1) is 25.9. The standard InChI is InChI=1S/C17H11.C9H13.2ClH.Zr/c1-3-7-14-12(5-1)9-10-16-15-8-4-2-6-13(15)11-17(14)16;1-9(2,3)8-6-4-5-7-8;;;/h1-6,8-10H,11H2;4,6H,5H2,1-3H3;2*1H;/q2*-1;;;+4/p-2. The van der Waals surface area contributed by atoms with Crippen molar-refractivity contribution >= 4 is 10.8 Å². The Morgan fingerprint density at radius 3 is 2.28 bits per heavy atom. The molecule has 2 aliphatic carbocycles. The van der Waals surface area contributed by atoms with E-state index in [1.54, 1.807) is 0 Å². The van der Waals surface area contributed by atoms with E-state index in [1.807, 2.05) is 6.07 Å². The summed E-state index contributed by atoms with van der Waals surface area (Å²) in [5.41, 5.74) is 7.30. The summed E-state index contributed by atoms with van der Waals surface area (Å²) in [5.74, 6) is 0. The molecule has 146 valence electrons. The van der Waals surface area contributed by atoms with Gasteiger partial charge in [-0.3, -0.25) is 6.08 Å². The van der Waals surface area contributed by atoms with Crippen molar-refractivity contribution in [3.05, 3.63) is 95.6 Å². The first-order valence-corrected chi connectivity index (χ1v) is 9.32. The van der Waals surface area contributed by atoms with Crippen molar-refractivity contribution in [3.8, 4) is 11.1 Å². The molecular formula is C26H24Cl2Zr. The van der Waals surface area contributed by atoms with Crippen LogP contribution in [-0.4, -0.2) is 0 Å². The molecule has 0 atom stereocenters. The van der Waals surface area contributed by atoms with Crippen molar-refractivity contribution in [3.63, 3.8) is 0 Å². The molecule has 0 amide bonds. The Balaban J connectivity index is 0.000000307. The molecule has 2 aliphatic rings. The molecule has 0 aliphatic heterocycles. The summed E-state index contributed by atoms with van der Waals surface area (Å²) in [6.07, 6.45) is 9.67. The Hall–Kier alpha value is -1.14. The Morgan fingerprint density at radius 2 is 1.62 bits per heavy atom. The number of fused-ring (bicyclic) bond motifs is 5. The zero-order chi connectivity index (χ0) is 18.1. The van der Waals surface area contributed by atoms with E-state index in [2.05, 4.69) is 93.6 Å². The van der Waals surface area contributed by atoms with E-state index in [0.717, 1.165) is 12.8 Å². The van der Waals surface area contributed by atoms with Crippen LogP contribution in [0.15, 0.2) is 72.3 Å². The van der Waals surface area contributed by atoms with Crippen molar-refractivity contribution in [1.82, 2.24) is 0 Å². The van der Waals surface area contributed by atoms with Crippen LogP contribution in [0.4, 0.5) is 0 Å². The molecule has 0 bridgehead atoms. The second-order valence-corrected chi connectivity index (χ2v) is 8.01. The van der Waals surface area contributed by atoms with Gasteiger partial charge in [-0.2, -0.15) is 6.08 Å². The monoisotopic (exact) mass is 496 g/mol. The Kier molecular flexibility index (Phi) is 9.61. The molecule has 29 heavy (non-hydrogen) atoms. The van der Waals surface area contributed by atoms with E-state index in [1.165, 1.54) is 38.6 Å². The third-order valence-corrected chi connectivity index (χ3v) is 5.12. The van der Waals surface area contributed by atoms with Crippen LogP contribution < -0.4 is 24.8 Å². The first-order valence-electron chi connectivity index (χ1n) is 9.32. The number of allylic oxidation sites excluding steroid dienone is 4. The van der Waals surface area contributed by atoms with Gasteiger partial charge in [0.2, 0.25) is 0 Å². The maximum atomic E-state index is 3.39. The van der Waals surface area contributed by atoms with Crippen LogP contribution in [0, 0.1) is 17.6 Å². The van der Waals surface area contributed by atoms with E-state index in [4.69, 9.17) is 0 Å². The van der Waals surface area contributed by atoms with Crippen molar-refractivity contribution in [2.75, 3.05) is 0 Å². The molecule has 0 nitrogen and oxygen atoms in total. The minimum atomic E-state index is 0. The summed E-state index contributed by atoms with van der Waals surface area (Å²) < 4.78 is 0. The predicted molar refractivity (Wildman–Crippen MR) is 111 cm³/mol. The Bertz CT molecular complexity index is 1030. The van der Waals surface area contributed by atoms with Crippen molar-refractivity contribution < 1.29 is 51.0 Å². The van der Waals surface area contributed by atoms with Crippen molar-refractivity contribution in [2.45, 2.75) is 33.6 Å². The van der Waals surface area contributed by atoms with Gasteiger partial charge in [0.05, 0.1) is 0 Å². The second kappa shape index (κ2) is 10.8. The summed E-state index contributed by atoms with van der Waals surface area (Å²) in [6.45, 7) is 6.64. The summed E-state index contributed by atoms with van der Waals surface area (Å²) in [5, 5.41) is 2.57. The summed E-state index contributed by atoms with van der Waals surface area (Å²) in [7, 11) is 0. The largest absolute Gasteiger partial charge is 4.00 e. The van der Waals surface area contributed by atoms with Gasteiger partial charge < -0.3 is 24.8 Å². The van der Waals surface area contributed by atoms with Crippen molar-refractivity contribution in [1.29, 1.82) is 0 Å². The van der Waals surface area contributed by atoms with Crippen LogP contribution in [0.1, 0.15) is 38.3 Å². The van der Waals surface area contributed by atoms with Gasteiger partial charge in [-0.1, -0.05) is 62.7 Å². The van der Waals surface area contributed by atoms with Gasteiger partial charge in [0.1, 0.15) is 0 Å². The van der Waals surface area contributed by atoms with Gasteiger partial charge in [-0.15, -0.1) is 47.0 Å². The number of hydrogen-bond acceptors (Lipinski definition) is 0. The molecule has 0 spiro atoms. The molecule has 0 unspecified atom stereocenters. The molecule has 0 saturated heterocycles. The van der Waals surface area contributed by atoms with Crippen molar-refractivity contribution in [2.24, 2.45) is 5.41 Å². The van der Waals surface area contributed by atoms with Crippen LogP contribution in [0.3, 0.4) is 0 Å². The molecule has 0 fully saturated rings. The fourth-order valence-corrected chi connectivity index (χ4v) is 3.74. The number of benzene rings is 3. The second-order valence-electron chi connectivity index (χ2n) is 8.01. The van der Waals surface area contributed by atoms with E-state index in [0.29, 0.717) is 5.41 Å². The topological polar surface area (TPSA) is 0 Å². The van der Waals surface area contributed by atoms with Gasteiger partial charge in [0, 0.05) is 0 Å². The van der Waals surface area contributed by atoms with Crippen LogP contribution in [-0.2, 0) is 32.6 Å². The van der Waals surface area contributed by atoms with Gasteiger partial charge in [0.25, 0.3) is 0 Å². The van der Waals surface area contributed by atoms with Crippen LogP contribution >= 0.6 is 0 Å². The number of hydrogen-bond donors (Lipinski definition) is 0. The first-order chi connectivity index (χ1) is 12.5. The Labute approximate surface area is 206 Å². The molecule has 3 aromatic carbocycles. The maximum absolute atomic E-state index is 3.39. The molecular weight excluding hydrogens is 474 g/mol. The van der Waals surface area contributed by atoms with E-state index in [9.17, 15) is 0 Å². The molecule has 0 radical (unpaired) electrons. The van der Waals surface area contributed by atoms with Gasteiger partial charge in [0.15, 0.2) is 0 Å². The maximum Gasteiger partial charge on any atom is 4.00 e. The van der Waals surface area contributed by atoms with Gasteiger partial charge in [-0.25, -0.2) is 11.6 Å². The average molecular weight is 499 g/mol. The van der Waals surface area contributed by atoms with E-state index in [-0.39, 0.29) is 51.0 Å². The smallest absolute Gasteiger partial charge is 1.00 e. The van der Waals surface area contributed by atoms with Gasteiger partial charge >= 0.3 is 26.2 Å². The SMILES string of the molecule is CC(C)(C)C1=[C-]CC=C1.[Cl-].[Cl-].[Zr+4].[c-]1cccc2ccc3c(c12)Cc1ccccc1-3. The normalized spacial score (nSPS) is 13.0. The molecule has 3 heteroatoms. The third kappa shape index (κ3) is 5.52. The van der Waals surface area contributed by atoms with E-state index >= 15 is 0 Å². The number of rotatable bonds is 0. The minimum Gasteiger partial charge on any atom is -1.00 e. The van der Waals surface area contributed by atoms with Crippen LogP contribution in [0.2, 0.25) is 0 Å². The van der Waals surface area contributed by atoms with Gasteiger partial charge in [-0.05, 0) is 23.0 Å². The zero-order valence-electron chi connectivity index (χ0n) is 17.0.